The van der Waals surface area contributed by atoms with Crippen LogP contribution in [0.3, 0.4) is 0 Å². The highest BCUT2D eigenvalue weighted by Crippen LogP contribution is 2.17. The average molecular weight is 233 g/mol. The van der Waals surface area contributed by atoms with Crippen molar-refractivity contribution in [1.82, 2.24) is 14.8 Å². The molecule has 0 saturated heterocycles. The number of thiol groups is 1. The standard InChI is InChI=1S/C8H15N3OS2/c1-6(2)11-7(12)9-10-8(11)14-5-3-4-13/h6,13H,3-5H2,1-2H3,(H,9,12). The van der Waals surface area contributed by atoms with Crippen LogP contribution >= 0.6 is 24.4 Å². The molecule has 0 unspecified atom stereocenters. The molecule has 0 radical (unpaired) electrons. The molecule has 0 aliphatic carbocycles. The van der Waals surface area contributed by atoms with Gasteiger partial charge in [0.1, 0.15) is 0 Å². The minimum atomic E-state index is -0.131. The van der Waals surface area contributed by atoms with Gasteiger partial charge in [0.15, 0.2) is 5.16 Å². The number of thioether (sulfide) groups is 1. The fourth-order valence-electron chi connectivity index (χ4n) is 1.08. The van der Waals surface area contributed by atoms with Crippen molar-refractivity contribution in [1.29, 1.82) is 0 Å². The van der Waals surface area contributed by atoms with Crippen LogP contribution in [0.4, 0.5) is 0 Å². The smallest absolute Gasteiger partial charge is 0.268 e. The van der Waals surface area contributed by atoms with E-state index in [1.165, 1.54) is 0 Å². The topological polar surface area (TPSA) is 50.7 Å². The Morgan fingerprint density at radius 1 is 1.64 bits per heavy atom. The lowest BCUT2D eigenvalue weighted by Gasteiger charge is -2.07. The summed E-state index contributed by atoms with van der Waals surface area (Å²) in [5, 5.41) is 7.21. The van der Waals surface area contributed by atoms with Gasteiger partial charge in [-0.15, -0.1) is 5.10 Å². The summed E-state index contributed by atoms with van der Waals surface area (Å²) in [4.78, 5) is 11.3. The maximum absolute atomic E-state index is 11.3. The highest BCUT2D eigenvalue weighted by Gasteiger charge is 2.10. The molecule has 14 heavy (non-hydrogen) atoms. The molecule has 0 amide bonds. The summed E-state index contributed by atoms with van der Waals surface area (Å²) in [5.41, 5.74) is -0.131. The Balaban J connectivity index is 2.71. The predicted molar refractivity (Wildman–Crippen MR) is 62.4 cm³/mol. The molecule has 1 N–H and O–H groups in total. The van der Waals surface area contributed by atoms with E-state index in [1.807, 2.05) is 13.8 Å². The van der Waals surface area contributed by atoms with E-state index in [2.05, 4.69) is 22.8 Å². The van der Waals surface area contributed by atoms with Gasteiger partial charge in [0.2, 0.25) is 0 Å². The summed E-state index contributed by atoms with van der Waals surface area (Å²) in [7, 11) is 0. The summed E-state index contributed by atoms with van der Waals surface area (Å²) in [6, 6.07) is 0.153. The second kappa shape index (κ2) is 5.50. The van der Waals surface area contributed by atoms with Crippen LogP contribution in [0, 0.1) is 0 Å². The first kappa shape index (κ1) is 11.7. The molecule has 4 nitrogen and oxygen atoms in total. The fourth-order valence-corrected chi connectivity index (χ4v) is 2.46. The van der Waals surface area contributed by atoms with Crippen LogP contribution in [0.25, 0.3) is 0 Å². The Bertz CT molecular complexity index is 332. The van der Waals surface area contributed by atoms with Gasteiger partial charge in [-0.1, -0.05) is 11.8 Å². The Morgan fingerprint density at radius 3 is 2.93 bits per heavy atom. The first-order valence-electron chi connectivity index (χ1n) is 4.57. The zero-order valence-corrected chi connectivity index (χ0v) is 10.1. The molecule has 0 bridgehead atoms. The van der Waals surface area contributed by atoms with Gasteiger partial charge < -0.3 is 0 Å². The molecule has 1 aromatic rings. The molecule has 80 valence electrons. The van der Waals surface area contributed by atoms with Gasteiger partial charge in [-0.25, -0.2) is 9.89 Å². The fraction of sp³-hybridized carbons (Fsp3) is 0.750. The first-order chi connectivity index (χ1) is 6.66. The molecule has 0 saturated carbocycles. The van der Waals surface area contributed by atoms with Crippen molar-refractivity contribution >= 4 is 24.4 Å². The largest absolute Gasteiger partial charge is 0.344 e. The van der Waals surface area contributed by atoms with Crippen molar-refractivity contribution in [2.45, 2.75) is 31.5 Å². The van der Waals surface area contributed by atoms with Crippen molar-refractivity contribution in [3.05, 3.63) is 10.5 Å². The third-order valence-electron chi connectivity index (χ3n) is 1.72. The van der Waals surface area contributed by atoms with E-state index < -0.39 is 0 Å². The lowest BCUT2D eigenvalue weighted by atomic mass is 10.4. The van der Waals surface area contributed by atoms with Crippen LogP contribution in [-0.4, -0.2) is 26.3 Å². The molecule has 1 heterocycles. The second-order valence-electron chi connectivity index (χ2n) is 3.20. The van der Waals surface area contributed by atoms with Gasteiger partial charge in [0.05, 0.1) is 0 Å². The molecule has 0 aromatic carbocycles. The highest BCUT2D eigenvalue weighted by atomic mass is 32.2. The van der Waals surface area contributed by atoms with Crippen LogP contribution < -0.4 is 5.69 Å². The molecule has 0 aliphatic rings. The van der Waals surface area contributed by atoms with Gasteiger partial charge in [0.25, 0.3) is 0 Å². The SMILES string of the molecule is CC(C)n1c(SCCCS)n[nH]c1=O. The second-order valence-corrected chi connectivity index (χ2v) is 4.71. The predicted octanol–water partition coefficient (Wildman–Crippen LogP) is 1.56. The Morgan fingerprint density at radius 2 is 2.36 bits per heavy atom. The first-order valence-corrected chi connectivity index (χ1v) is 6.19. The third kappa shape index (κ3) is 2.81. The van der Waals surface area contributed by atoms with Gasteiger partial charge >= 0.3 is 5.69 Å². The quantitative estimate of drug-likeness (QED) is 0.461. The lowest BCUT2D eigenvalue weighted by Crippen LogP contribution is -2.19. The Hall–Kier alpha value is -0.360. The van der Waals surface area contributed by atoms with Gasteiger partial charge in [0, 0.05) is 11.8 Å². The summed E-state index contributed by atoms with van der Waals surface area (Å²) < 4.78 is 1.67. The zero-order valence-electron chi connectivity index (χ0n) is 8.36. The minimum Gasteiger partial charge on any atom is -0.268 e. The summed E-state index contributed by atoms with van der Waals surface area (Å²) in [6.07, 6.45) is 1.02. The van der Waals surface area contributed by atoms with Crippen LogP contribution in [0.15, 0.2) is 9.95 Å². The Kier molecular flexibility index (Phi) is 4.60. The van der Waals surface area contributed by atoms with Crippen molar-refractivity contribution in [3.8, 4) is 0 Å². The molecular formula is C8H15N3OS2. The average Bonchev–Trinajstić information content (AvgIpc) is 2.47. The van der Waals surface area contributed by atoms with Gasteiger partial charge in [-0.05, 0) is 26.0 Å². The number of rotatable bonds is 5. The number of aromatic amines is 1. The molecule has 1 aromatic heterocycles. The maximum atomic E-state index is 11.3. The molecule has 0 fully saturated rings. The summed E-state index contributed by atoms with van der Waals surface area (Å²) in [6.45, 7) is 3.94. The van der Waals surface area contributed by atoms with Crippen molar-refractivity contribution in [2.24, 2.45) is 0 Å². The lowest BCUT2D eigenvalue weighted by molar-refractivity contribution is 0.534. The Labute approximate surface area is 92.9 Å². The van der Waals surface area contributed by atoms with Crippen LogP contribution in [0.2, 0.25) is 0 Å². The van der Waals surface area contributed by atoms with E-state index in [-0.39, 0.29) is 11.7 Å². The summed E-state index contributed by atoms with van der Waals surface area (Å²) in [5.74, 6) is 1.81. The number of H-pyrrole nitrogens is 1. The normalized spacial score (nSPS) is 11.1. The van der Waals surface area contributed by atoms with E-state index in [0.717, 1.165) is 23.1 Å². The number of aromatic nitrogens is 3. The van der Waals surface area contributed by atoms with E-state index >= 15 is 0 Å². The van der Waals surface area contributed by atoms with E-state index in [1.54, 1.807) is 16.3 Å². The molecule has 6 heteroatoms. The number of hydrogen-bond acceptors (Lipinski definition) is 4. The molecule has 0 atom stereocenters. The molecular weight excluding hydrogens is 218 g/mol. The van der Waals surface area contributed by atoms with E-state index in [9.17, 15) is 4.79 Å². The molecule has 0 aliphatic heterocycles. The van der Waals surface area contributed by atoms with Crippen molar-refractivity contribution < 1.29 is 0 Å². The number of nitrogens with zero attached hydrogens (tertiary/aromatic N) is 2. The van der Waals surface area contributed by atoms with Gasteiger partial charge in [-0.2, -0.15) is 12.6 Å². The maximum Gasteiger partial charge on any atom is 0.344 e. The zero-order chi connectivity index (χ0) is 10.6. The third-order valence-corrected chi connectivity index (χ3v) is 3.08. The van der Waals surface area contributed by atoms with Crippen LogP contribution in [0.1, 0.15) is 26.3 Å². The monoisotopic (exact) mass is 233 g/mol. The molecule has 1 rings (SSSR count). The van der Waals surface area contributed by atoms with Crippen LogP contribution in [0.5, 0.6) is 0 Å². The van der Waals surface area contributed by atoms with Gasteiger partial charge in [-0.3, -0.25) is 4.57 Å². The van der Waals surface area contributed by atoms with E-state index in [4.69, 9.17) is 0 Å². The van der Waals surface area contributed by atoms with Crippen molar-refractivity contribution in [2.75, 3.05) is 11.5 Å². The summed E-state index contributed by atoms with van der Waals surface area (Å²) >= 11 is 5.72. The minimum absolute atomic E-state index is 0.131. The highest BCUT2D eigenvalue weighted by molar-refractivity contribution is 7.99. The van der Waals surface area contributed by atoms with Crippen LogP contribution in [-0.2, 0) is 0 Å². The molecule has 0 spiro atoms. The number of nitrogens with one attached hydrogen (secondary N) is 1. The van der Waals surface area contributed by atoms with E-state index in [0.29, 0.717) is 0 Å². The van der Waals surface area contributed by atoms with Crippen molar-refractivity contribution in [3.63, 3.8) is 0 Å². The number of hydrogen-bond donors (Lipinski definition) is 2.